The Morgan fingerprint density at radius 1 is 1.33 bits per heavy atom. The maximum atomic E-state index is 11.4. The van der Waals surface area contributed by atoms with Crippen LogP contribution in [0.4, 0.5) is 5.82 Å². The second kappa shape index (κ2) is 5.54. The third kappa shape index (κ3) is 3.20. The number of sulfonamides is 1. The molecule has 8 nitrogen and oxygen atoms in total. The topological polar surface area (TPSA) is 130 Å². The fraction of sp³-hybridized carbons (Fsp3) is 0.167. The number of carbonyl (C=O) groups is 1. The van der Waals surface area contributed by atoms with Crippen molar-refractivity contribution < 1.29 is 17.9 Å². The molecule has 0 fully saturated rings. The first-order valence-corrected chi connectivity index (χ1v) is 7.38. The second-order valence-electron chi connectivity index (χ2n) is 4.29. The van der Waals surface area contributed by atoms with E-state index >= 15 is 0 Å². The molecule has 0 saturated heterocycles. The van der Waals surface area contributed by atoms with Gasteiger partial charge in [0.05, 0.1) is 24.9 Å². The molecule has 9 heteroatoms. The third-order valence-electron chi connectivity index (χ3n) is 2.86. The van der Waals surface area contributed by atoms with Crippen LogP contribution in [0.1, 0.15) is 16.1 Å². The number of anilines is 1. The van der Waals surface area contributed by atoms with Gasteiger partial charge in [0.25, 0.3) is 0 Å². The molecule has 2 rings (SSSR count). The maximum Gasteiger partial charge on any atom is 0.360 e. The Bertz CT molecular complexity index is 765. The average Bonchev–Trinajstić information content (AvgIpc) is 2.79. The highest BCUT2D eigenvalue weighted by Crippen LogP contribution is 2.15. The van der Waals surface area contributed by atoms with Crippen LogP contribution in [0.15, 0.2) is 35.5 Å². The van der Waals surface area contributed by atoms with Crippen molar-refractivity contribution in [3.8, 4) is 0 Å². The van der Waals surface area contributed by atoms with Gasteiger partial charge in [-0.15, -0.1) is 0 Å². The highest BCUT2D eigenvalue weighted by molar-refractivity contribution is 7.89. The number of hydrogen-bond acceptors (Lipinski definition) is 6. The van der Waals surface area contributed by atoms with E-state index in [9.17, 15) is 13.2 Å². The number of nitrogens with zero attached hydrogens (tertiary/aromatic N) is 2. The zero-order chi connectivity index (χ0) is 15.6. The molecule has 0 amide bonds. The molecule has 0 bridgehead atoms. The van der Waals surface area contributed by atoms with Gasteiger partial charge in [-0.2, -0.15) is 0 Å². The number of benzene rings is 1. The van der Waals surface area contributed by atoms with Crippen LogP contribution < -0.4 is 10.9 Å². The summed E-state index contributed by atoms with van der Waals surface area (Å²) in [4.78, 5) is 15.3. The van der Waals surface area contributed by atoms with Gasteiger partial charge in [0.2, 0.25) is 10.0 Å². The molecule has 0 radical (unpaired) electrons. The van der Waals surface area contributed by atoms with E-state index in [1.165, 1.54) is 25.6 Å². The van der Waals surface area contributed by atoms with E-state index in [-0.39, 0.29) is 16.4 Å². The number of imidazole rings is 1. The van der Waals surface area contributed by atoms with Crippen LogP contribution in [-0.4, -0.2) is 31.0 Å². The number of nitrogen functional groups attached to an aromatic ring is 1. The van der Waals surface area contributed by atoms with Gasteiger partial charge < -0.3 is 15.0 Å². The Morgan fingerprint density at radius 3 is 2.48 bits per heavy atom. The number of rotatable bonds is 4. The first kappa shape index (κ1) is 15.0. The summed E-state index contributed by atoms with van der Waals surface area (Å²) in [7, 11) is -2.47. The lowest BCUT2D eigenvalue weighted by atomic mass is 10.2. The van der Waals surface area contributed by atoms with Crippen molar-refractivity contribution in [2.75, 3.05) is 12.8 Å². The van der Waals surface area contributed by atoms with Crippen molar-refractivity contribution in [1.29, 1.82) is 0 Å². The van der Waals surface area contributed by atoms with Gasteiger partial charge >= 0.3 is 5.97 Å². The highest BCUT2D eigenvalue weighted by Gasteiger charge is 2.16. The molecule has 1 aromatic heterocycles. The van der Waals surface area contributed by atoms with Crippen LogP contribution in [0.2, 0.25) is 0 Å². The number of methoxy groups -OCH3 is 1. The molecule has 0 saturated carbocycles. The molecule has 1 heterocycles. The van der Waals surface area contributed by atoms with Gasteiger partial charge in [-0.05, 0) is 17.7 Å². The fourth-order valence-corrected chi connectivity index (χ4v) is 2.27. The van der Waals surface area contributed by atoms with E-state index in [1.807, 2.05) is 0 Å². The van der Waals surface area contributed by atoms with Crippen LogP contribution in [0, 0.1) is 0 Å². The SMILES string of the molecule is COC(=O)c1ncn(Cc2ccc(S(N)(=O)=O)cc2)c1N. The van der Waals surface area contributed by atoms with Crippen LogP contribution >= 0.6 is 0 Å². The van der Waals surface area contributed by atoms with E-state index < -0.39 is 16.0 Å². The molecular weight excluding hydrogens is 296 g/mol. The van der Waals surface area contributed by atoms with Crippen LogP contribution in [0.5, 0.6) is 0 Å². The molecule has 112 valence electrons. The first-order valence-electron chi connectivity index (χ1n) is 5.83. The lowest BCUT2D eigenvalue weighted by Crippen LogP contribution is -2.12. The van der Waals surface area contributed by atoms with Crippen molar-refractivity contribution in [3.63, 3.8) is 0 Å². The number of nitrogens with two attached hydrogens (primary N) is 2. The molecule has 2 aromatic rings. The lowest BCUT2D eigenvalue weighted by Gasteiger charge is -2.06. The Balaban J connectivity index is 2.23. The van der Waals surface area contributed by atoms with Gasteiger partial charge in [0.15, 0.2) is 5.69 Å². The predicted molar refractivity (Wildman–Crippen MR) is 74.9 cm³/mol. The summed E-state index contributed by atoms with van der Waals surface area (Å²) in [5, 5.41) is 5.02. The van der Waals surface area contributed by atoms with Crippen molar-refractivity contribution in [2.45, 2.75) is 11.4 Å². The fourth-order valence-electron chi connectivity index (χ4n) is 1.75. The summed E-state index contributed by atoms with van der Waals surface area (Å²) in [5.41, 5.74) is 6.63. The van der Waals surface area contributed by atoms with Crippen molar-refractivity contribution >= 4 is 21.8 Å². The number of aromatic nitrogens is 2. The van der Waals surface area contributed by atoms with Crippen molar-refractivity contribution in [2.24, 2.45) is 5.14 Å². The summed E-state index contributed by atoms with van der Waals surface area (Å²) in [6.07, 6.45) is 1.41. The van der Waals surface area contributed by atoms with Crippen molar-refractivity contribution in [3.05, 3.63) is 41.9 Å². The zero-order valence-electron chi connectivity index (χ0n) is 11.2. The minimum atomic E-state index is -3.72. The lowest BCUT2D eigenvalue weighted by molar-refractivity contribution is 0.0596. The summed E-state index contributed by atoms with van der Waals surface area (Å²) in [5.74, 6) is -0.437. The van der Waals surface area contributed by atoms with Crippen LogP contribution in [0.3, 0.4) is 0 Å². The monoisotopic (exact) mass is 310 g/mol. The van der Waals surface area contributed by atoms with E-state index in [1.54, 1.807) is 16.7 Å². The molecule has 0 spiro atoms. The Labute approximate surface area is 121 Å². The quantitative estimate of drug-likeness (QED) is 0.761. The minimum absolute atomic E-state index is 0.0279. The van der Waals surface area contributed by atoms with E-state index in [0.717, 1.165) is 5.56 Å². The Kier molecular flexibility index (Phi) is 3.96. The maximum absolute atomic E-state index is 11.4. The molecule has 0 aliphatic heterocycles. The molecule has 0 atom stereocenters. The molecule has 1 aromatic carbocycles. The minimum Gasteiger partial charge on any atom is -0.464 e. The van der Waals surface area contributed by atoms with Gasteiger partial charge in [-0.3, -0.25) is 0 Å². The number of esters is 1. The van der Waals surface area contributed by atoms with Gasteiger partial charge in [-0.25, -0.2) is 23.3 Å². The van der Waals surface area contributed by atoms with E-state index in [4.69, 9.17) is 10.9 Å². The Morgan fingerprint density at radius 2 is 1.95 bits per heavy atom. The zero-order valence-corrected chi connectivity index (χ0v) is 12.0. The highest BCUT2D eigenvalue weighted by atomic mass is 32.2. The van der Waals surface area contributed by atoms with Crippen LogP contribution in [0.25, 0.3) is 0 Å². The number of carbonyl (C=O) groups excluding carboxylic acids is 1. The Hall–Kier alpha value is -2.39. The summed E-state index contributed by atoms with van der Waals surface area (Å²) in [6.45, 7) is 0.334. The molecule has 4 N–H and O–H groups in total. The standard InChI is InChI=1S/C12H14N4O4S/c1-20-12(17)10-11(13)16(7-15-10)6-8-2-4-9(5-3-8)21(14,18)19/h2-5,7H,6,13H2,1H3,(H2,14,18,19). The van der Waals surface area contributed by atoms with Gasteiger partial charge in [0.1, 0.15) is 5.82 Å². The van der Waals surface area contributed by atoms with E-state index in [2.05, 4.69) is 9.72 Å². The molecule has 0 aliphatic rings. The number of hydrogen-bond donors (Lipinski definition) is 2. The molecule has 0 unspecified atom stereocenters. The normalized spacial score (nSPS) is 11.3. The number of primary sulfonamides is 1. The molecular formula is C12H14N4O4S. The molecule has 0 aliphatic carbocycles. The predicted octanol–water partition coefficient (Wildman–Crippen LogP) is -0.0524. The summed E-state index contributed by atoms with van der Waals surface area (Å²) >= 11 is 0. The summed E-state index contributed by atoms with van der Waals surface area (Å²) < 4.78 is 28.4. The smallest absolute Gasteiger partial charge is 0.360 e. The number of ether oxygens (including phenoxy) is 1. The van der Waals surface area contributed by atoms with Crippen molar-refractivity contribution in [1.82, 2.24) is 9.55 Å². The second-order valence-corrected chi connectivity index (χ2v) is 5.85. The largest absolute Gasteiger partial charge is 0.464 e. The van der Waals surface area contributed by atoms with Crippen LogP contribution in [-0.2, 0) is 21.3 Å². The molecule has 21 heavy (non-hydrogen) atoms. The van der Waals surface area contributed by atoms with Gasteiger partial charge in [-0.1, -0.05) is 12.1 Å². The summed E-state index contributed by atoms with van der Waals surface area (Å²) in [6, 6.07) is 6.02. The first-order chi connectivity index (χ1) is 9.82. The average molecular weight is 310 g/mol. The third-order valence-corrected chi connectivity index (χ3v) is 3.79. The van der Waals surface area contributed by atoms with Gasteiger partial charge in [0, 0.05) is 0 Å². The van der Waals surface area contributed by atoms with E-state index in [0.29, 0.717) is 6.54 Å².